The maximum absolute atomic E-state index is 12.6. The molecule has 1 amide bonds. The summed E-state index contributed by atoms with van der Waals surface area (Å²) in [5.41, 5.74) is 1.67. The number of fused-ring (bicyclic) bond motifs is 1. The van der Waals surface area contributed by atoms with E-state index in [2.05, 4.69) is 4.98 Å². The molecule has 0 atom stereocenters. The summed E-state index contributed by atoms with van der Waals surface area (Å²) in [6.45, 7) is 1.49. The van der Waals surface area contributed by atoms with Gasteiger partial charge in [-0.3, -0.25) is 4.79 Å². The number of nitrogens with zero attached hydrogens (tertiary/aromatic N) is 1. The van der Waals surface area contributed by atoms with Gasteiger partial charge in [-0.05, 0) is 25.0 Å². The normalized spacial score (nSPS) is 16.7. The van der Waals surface area contributed by atoms with Crippen LogP contribution in [0.4, 0.5) is 0 Å². The summed E-state index contributed by atoms with van der Waals surface area (Å²) < 4.78 is 5.35. The number of carbonyl (C=O) groups excluding carboxylic acids is 1. The number of amides is 1. The predicted octanol–water partition coefficient (Wildman–Crippen LogP) is 2.42. The van der Waals surface area contributed by atoms with Gasteiger partial charge in [0, 0.05) is 37.9 Å². The summed E-state index contributed by atoms with van der Waals surface area (Å²) in [6, 6.07) is 8.10. The van der Waals surface area contributed by atoms with E-state index in [4.69, 9.17) is 4.74 Å². The van der Waals surface area contributed by atoms with Crippen molar-refractivity contribution < 1.29 is 9.53 Å². The topological polar surface area (TPSA) is 45.3 Å². The second kappa shape index (κ2) is 5.05. The van der Waals surface area contributed by atoms with Crippen molar-refractivity contribution in [3.05, 3.63) is 36.0 Å². The standard InChI is InChI=1S/C15H18N2O2/c1-17(12-6-9-19-10-7-12)15(18)13-4-2-3-11-5-8-16-14(11)13/h2-5,8,12,16H,6-7,9-10H2,1H3. The summed E-state index contributed by atoms with van der Waals surface area (Å²) in [5.74, 6) is 0.0833. The van der Waals surface area contributed by atoms with E-state index in [-0.39, 0.29) is 11.9 Å². The second-order valence-electron chi connectivity index (χ2n) is 5.01. The molecule has 2 heterocycles. The van der Waals surface area contributed by atoms with Crippen molar-refractivity contribution in [3.63, 3.8) is 0 Å². The van der Waals surface area contributed by atoms with Crippen molar-refractivity contribution in [2.45, 2.75) is 18.9 Å². The number of rotatable bonds is 2. The Labute approximate surface area is 112 Å². The van der Waals surface area contributed by atoms with Crippen LogP contribution < -0.4 is 0 Å². The number of hydrogen-bond donors (Lipinski definition) is 1. The highest BCUT2D eigenvalue weighted by Gasteiger charge is 2.24. The van der Waals surface area contributed by atoms with E-state index in [0.29, 0.717) is 0 Å². The Morgan fingerprint density at radius 3 is 2.89 bits per heavy atom. The molecular weight excluding hydrogens is 240 g/mol. The molecular formula is C15H18N2O2. The van der Waals surface area contributed by atoms with Crippen LogP contribution in [0, 0.1) is 0 Å². The van der Waals surface area contributed by atoms with Gasteiger partial charge in [-0.15, -0.1) is 0 Å². The number of aromatic amines is 1. The molecule has 19 heavy (non-hydrogen) atoms. The maximum atomic E-state index is 12.6. The van der Waals surface area contributed by atoms with Crippen molar-refractivity contribution in [2.75, 3.05) is 20.3 Å². The molecule has 1 aromatic carbocycles. The van der Waals surface area contributed by atoms with Gasteiger partial charge in [-0.1, -0.05) is 12.1 Å². The van der Waals surface area contributed by atoms with E-state index in [1.54, 1.807) is 0 Å². The lowest BCUT2D eigenvalue weighted by Crippen LogP contribution is -2.40. The Hall–Kier alpha value is -1.81. The van der Waals surface area contributed by atoms with Gasteiger partial charge < -0.3 is 14.6 Å². The van der Waals surface area contributed by atoms with Crippen LogP contribution in [-0.2, 0) is 4.74 Å². The summed E-state index contributed by atoms with van der Waals surface area (Å²) in [6.07, 6.45) is 3.71. The number of hydrogen-bond acceptors (Lipinski definition) is 2. The Morgan fingerprint density at radius 1 is 1.32 bits per heavy atom. The van der Waals surface area contributed by atoms with Gasteiger partial charge in [0.15, 0.2) is 0 Å². The van der Waals surface area contributed by atoms with Gasteiger partial charge in [0.1, 0.15) is 0 Å². The molecule has 0 saturated carbocycles. The van der Waals surface area contributed by atoms with Gasteiger partial charge in [0.2, 0.25) is 0 Å². The largest absolute Gasteiger partial charge is 0.381 e. The number of benzene rings is 1. The summed E-state index contributed by atoms with van der Waals surface area (Å²) >= 11 is 0. The van der Waals surface area contributed by atoms with E-state index < -0.39 is 0 Å². The molecule has 4 heteroatoms. The Balaban J connectivity index is 1.88. The van der Waals surface area contributed by atoms with E-state index in [0.717, 1.165) is 42.5 Å². The first-order valence-corrected chi connectivity index (χ1v) is 6.68. The molecule has 1 fully saturated rings. The minimum absolute atomic E-state index is 0.0833. The fourth-order valence-corrected chi connectivity index (χ4v) is 2.69. The van der Waals surface area contributed by atoms with E-state index in [1.165, 1.54) is 0 Å². The Morgan fingerprint density at radius 2 is 2.11 bits per heavy atom. The third kappa shape index (κ3) is 2.24. The molecule has 100 valence electrons. The van der Waals surface area contributed by atoms with Gasteiger partial charge in [0.05, 0.1) is 11.1 Å². The number of para-hydroxylation sites is 1. The van der Waals surface area contributed by atoms with Crippen LogP contribution in [0.1, 0.15) is 23.2 Å². The van der Waals surface area contributed by atoms with Gasteiger partial charge in [-0.25, -0.2) is 0 Å². The van der Waals surface area contributed by atoms with Gasteiger partial charge in [-0.2, -0.15) is 0 Å². The molecule has 3 rings (SSSR count). The molecule has 0 unspecified atom stereocenters. The first kappa shape index (κ1) is 12.2. The Bertz CT molecular complexity index is 585. The van der Waals surface area contributed by atoms with E-state index in [1.807, 2.05) is 42.4 Å². The highest BCUT2D eigenvalue weighted by atomic mass is 16.5. The third-order valence-electron chi connectivity index (χ3n) is 3.88. The van der Waals surface area contributed by atoms with E-state index >= 15 is 0 Å². The first-order chi connectivity index (χ1) is 9.27. The predicted molar refractivity (Wildman–Crippen MR) is 74.2 cm³/mol. The van der Waals surface area contributed by atoms with Crippen molar-refractivity contribution in [2.24, 2.45) is 0 Å². The van der Waals surface area contributed by atoms with Crippen LogP contribution >= 0.6 is 0 Å². The summed E-state index contributed by atoms with van der Waals surface area (Å²) in [7, 11) is 1.89. The molecule has 1 saturated heterocycles. The smallest absolute Gasteiger partial charge is 0.255 e. The molecule has 0 spiro atoms. The van der Waals surface area contributed by atoms with Crippen molar-refractivity contribution >= 4 is 16.8 Å². The average molecular weight is 258 g/mol. The zero-order valence-electron chi connectivity index (χ0n) is 11.1. The molecule has 1 aromatic heterocycles. The quantitative estimate of drug-likeness (QED) is 0.899. The van der Waals surface area contributed by atoms with E-state index in [9.17, 15) is 4.79 Å². The third-order valence-corrected chi connectivity index (χ3v) is 3.88. The molecule has 0 bridgehead atoms. The molecule has 0 aliphatic carbocycles. The second-order valence-corrected chi connectivity index (χ2v) is 5.01. The zero-order chi connectivity index (χ0) is 13.2. The van der Waals surface area contributed by atoms with Crippen molar-refractivity contribution in [1.29, 1.82) is 0 Å². The fraction of sp³-hybridized carbons (Fsp3) is 0.400. The minimum Gasteiger partial charge on any atom is -0.381 e. The number of ether oxygens (including phenoxy) is 1. The van der Waals surface area contributed by atoms with Crippen LogP contribution in [0.5, 0.6) is 0 Å². The minimum atomic E-state index is 0.0833. The molecule has 4 nitrogen and oxygen atoms in total. The highest BCUT2D eigenvalue weighted by Crippen LogP contribution is 2.21. The summed E-state index contributed by atoms with van der Waals surface area (Å²) in [5, 5.41) is 1.08. The van der Waals surface area contributed by atoms with Crippen LogP contribution in [0.3, 0.4) is 0 Å². The zero-order valence-corrected chi connectivity index (χ0v) is 11.1. The summed E-state index contributed by atoms with van der Waals surface area (Å²) in [4.78, 5) is 17.6. The molecule has 1 N–H and O–H groups in total. The van der Waals surface area contributed by atoms with Crippen molar-refractivity contribution in [1.82, 2.24) is 9.88 Å². The van der Waals surface area contributed by atoms with Gasteiger partial charge in [0.25, 0.3) is 5.91 Å². The maximum Gasteiger partial charge on any atom is 0.255 e. The lowest BCUT2D eigenvalue weighted by Gasteiger charge is -2.31. The SMILES string of the molecule is CN(C(=O)c1cccc2cc[nH]c12)C1CCOCC1. The molecule has 2 aromatic rings. The number of H-pyrrole nitrogens is 1. The highest BCUT2D eigenvalue weighted by molar-refractivity contribution is 6.05. The van der Waals surface area contributed by atoms with Crippen LogP contribution in [-0.4, -0.2) is 42.1 Å². The lowest BCUT2D eigenvalue weighted by molar-refractivity contribution is 0.0363. The number of aromatic nitrogens is 1. The molecule has 1 aliphatic heterocycles. The average Bonchev–Trinajstić information content (AvgIpc) is 2.95. The monoisotopic (exact) mass is 258 g/mol. The first-order valence-electron chi connectivity index (χ1n) is 6.68. The Kier molecular flexibility index (Phi) is 3.25. The number of nitrogens with one attached hydrogen (secondary N) is 1. The van der Waals surface area contributed by atoms with Crippen molar-refractivity contribution in [3.8, 4) is 0 Å². The van der Waals surface area contributed by atoms with Crippen LogP contribution in [0.25, 0.3) is 10.9 Å². The number of carbonyl (C=O) groups is 1. The van der Waals surface area contributed by atoms with Crippen LogP contribution in [0.15, 0.2) is 30.5 Å². The van der Waals surface area contributed by atoms with Crippen LogP contribution in [0.2, 0.25) is 0 Å². The molecule has 1 aliphatic rings. The fourth-order valence-electron chi connectivity index (χ4n) is 2.69. The lowest BCUT2D eigenvalue weighted by atomic mass is 10.1. The van der Waals surface area contributed by atoms with Gasteiger partial charge >= 0.3 is 0 Å². The molecule has 0 radical (unpaired) electrons.